The zero-order valence-corrected chi connectivity index (χ0v) is 21.6. The van der Waals surface area contributed by atoms with Crippen molar-refractivity contribution in [3.05, 3.63) is 48.3 Å². The van der Waals surface area contributed by atoms with Gasteiger partial charge in [-0.25, -0.2) is 17.8 Å². The molecule has 0 saturated carbocycles. The number of hydrogen-bond acceptors (Lipinski definition) is 7. The number of nitrogens with zero attached hydrogens (tertiary/aromatic N) is 3. The normalized spacial score (nSPS) is 19.6. The Labute approximate surface area is 213 Å². The second-order valence-corrected chi connectivity index (χ2v) is 12.0. The summed E-state index contributed by atoms with van der Waals surface area (Å²) in [5.74, 6) is -0.312. The highest BCUT2D eigenvalue weighted by molar-refractivity contribution is 7.89. The number of amides is 1. The first-order valence-electron chi connectivity index (χ1n) is 12.0. The van der Waals surface area contributed by atoms with Crippen LogP contribution in [0.5, 0.6) is 5.75 Å². The molecule has 0 bridgehead atoms. The molecule has 1 unspecified atom stereocenters. The van der Waals surface area contributed by atoms with Crippen LogP contribution in [0.4, 0.5) is 9.52 Å². The van der Waals surface area contributed by atoms with Crippen LogP contribution < -0.4 is 9.64 Å². The number of rotatable bonds is 7. The van der Waals surface area contributed by atoms with E-state index in [0.717, 1.165) is 12.8 Å². The van der Waals surface area contributed by atoms with Crippen molar-refractivity contribution in [1.29, 1.82) is 0 Å². The molecule has 3 heterocycles. The average Bonchev–Trinajstić information content (AvgIpc) is 3.57. The third kappa shape index (κ3) is 4.97. The maximum absolute atomic E-state index is 14.3. The fourth-order valence-corrected chi connectivity index (χ4v) is 7.20. The number of sulfonamides is 1. The van der Waals surface area contributed by atoms with Gasteiger partial charge in [0.25, 0.3) is 0 Å². The van der Waals surface area contributed by atoms with Crippen molar-refractivity contribution in [3.8, 4) is 5.75 Å². The number of halogens is 1. The predicted octanol–water partition coefficient (Wildman–Crippen LogP) is 4.06. The third-order valence-electron chi connectivity index (χ3n) is 6.77. The fraction of sp³-hybridized carbons (Fsp3) is 0.440. The molecule has 0 aliphatic carbocycles. The number of methoxy groups -OCH3 is 1. The monoisotopic (exact) mass is 533 g/mol. The van der Waals surface area contributed by atoms with Crippen LogP contribution in [0, 0.1) is 11.7 Å². The lowest BCUT2D eigenvalue weighted by molar-refractivity contribution is -0.123. The SMILES string of the molecule is COc1ccc(S(=O)(=O)N2CCC(C(=O)N(CC3CCCO3)c3nc4c(F)cccc4s3)CC2)cc1. The summed E-state index contributed by atoms with van der Waals surface area (Å²) in [7, 11) is -2.14. The summed E-state index contributed by atoms with van der Waals surface area (Å²) in [6.07, 6.45) is 2.48. The maximum atomic E-state index is 14.3. The van der Waals surface area contributed by atoms with Crippen molar-refractivity contribution in [3.63, 3.8) is 0 Å². The van der Waals surface area contributed by atoms with Gasteiger partial charge in [-0.05, 0) is 62.1 Å². The average molecular weight is 534 g/mol. The Morgan fingerprint density at radius 3 is 2.58 bits per heavy atom. The maximum Gasteiger partial charge on any atom is 0.243 e. The van der Waals surface area contributed by atoms with Gasteiger partial charge in [-0.15, -0.1) is 0 Å². The molecule has 2 aliphatic heterocycles. The molecule has 2 aliphatic rings. The van der Waals surface area contributed by atoms with Crippen molar-refractivity contribution >= 4 is 42.6 Å². The molecule has 2 aromatic carbocycles. The predicted molar refractivity (Wildman–Crippen MR) is 135 cm³/mol. The summed E-state index contributed by atoms with van der Waals surface area (Å²) in [6, 6.07) is 11.1. The lowest BCUT2D eigenvalue weighted by atomic mass is 9.96. The van der Waals surface area contributed by atoms with E-state index < -0.39 is 15.8 Å². The number of hydrogen-bond donors (Lipinski definition) is 0. The molecule has 1 aromatic heterocycles. The number of carbonyl (C=O) groups is 1. The quantitative estimate of drug-likeness (QED) is 0.455. The molecule has 192 valence electrons. The van der Waals surface area contributed by atoms with Gasteiger partial charge in [-0.3, -0.25) is 9.69 Å². The van der Waals surface area contributed by atoms with Gasteiger partial charge in [0.05, 0.1) is 29.4 Å². The Morgan fingerprint density at radius 2 is 1.94 bits per heavy atom. The minimum atomic E-state index is -3.67. The van der Waals surface area contributed by atoms with Gasteiger partial charge in [-0.2, -0.15) is 4.31 Å². The Morgan fingerprint density at radius 1 is 1.19 bits per heavy atom. The summed E-state index contributed by atoms with van der Waals surface area (Å²) in [4.78, 5) is 20.0. The smallest absolute Gasteiger partial charge is 0.243 e. The van der Waals surface area contributed by atoms with Gasteiger partial charge in [-0.1, -0.05) is 17.4 Å². The van der Waals surface area contributed by atoms with E-state index in [1.807, 2.05) is 0 Å². The second-order valence-electron chi connectivity index (χ2n) is 9.02. The molecule has 0 spiro atoms. The first-order valence-corrected chi connectivity index (χ1v) is 14.2. The number of anilines is 1. The fourth-order valence-electron chi connectivity index (χ4n) is 4.73. The van der Waals surface area contributed by atoms with Crippen molar-refractivity contribution in [2.24, 2.45) is 5.92 Å². The van der Waals surface area contributed by atoms with E-state index in [9.17, 15) is 17.6 Å². The summed E-state index contributed by atoms with van der Waals surface area (Å²) in [6.45, 7) is 1.49. The molecule has 8 nitrogen and oxygen atoms in total. The summed E-state index contributed by atoms with van der Waals surface area (Å²) >= 11 is 1.28. The lowest BCUT2D eigenvalue weighted by Gasteiger charge is -2.33. The molecule has 5 rings (SSSR count). The number of benzene rings is 2. The van der Waals surface area contributed by atoms with Crippen molar-refractivity contribution in [1.82, 2.24) is 9.29 Å². The Hall–Kier alpha value is -2.60. The van der Waals surface area contributed by atoms with Crippen LogP contribution in [0.3, 0.4) is 0 Å². The van der Waals surface area contributed by atoms with E-state index in [4.69, 9.17) is 9.47 Å². The van der Waals surface area contributed by atoms with Crippen molar-refractivity contribution < 1.29 is 27.1 Å². The van der Waals surface area contributed by atoms with Crippen LogP contribution in [0.2, 0.25) is 0 Å². The molecule has 0 radical (unpaired) electrons. The number of carbonyl (C=O) groups excluding carboxylic acids is 1. The largest absolute Gasteiger partial charge is 0.497 e. The summed E-state index contributed by atoms with van der Waals surface area (Å²) in [5, 5.41) is 0.448. The molecule has 1 amide bonds. The molecule has 1 atom stereocenters. The second kappa shape index (κ2) is 10.4. The molecule has 0 N–H and O–H groups in total. The van der Waals surface area contributed by atoms with Gasteiger partial charge in [0.2, 0.25) is 15.9 Å². The number of piperidine rings is 1. The van der Waals surface area contributed by atoms with Crippen LogP contribution in [0.15, 0.2) is 47.4 Å². The first kappa shape index (κ1) is 25.1. The molecule has 3 aromatic rings. The summed E-state index contributed by atoms with van der Waals surface area (Å²) < 4.78 is 53.5. The van der Waals surface area contributed by atoms with E-state index in [1.165, 1.54) is 41.0 Å². The highest BCUT2D eigenvalue weighted by atomic mass is 32.2. The number of para-hydroxylation sites is 1. The van der Waals surface area contributed by atoms with E-state index in [0.29, 0.717) is 41.6 Å². The Balaban J connectivity index is 1.33. The van der Waals surface area contributed by atoms with Gasteiger partial charge >= 0.3 is 0 Å². The minimum Gasteiger partial charge on any atom is -0.497 e. The lowest BCUT2D eigenvalue weighted by Crippen LogP contribution is -2.46. The standard InChI is InChI=1S/C25H28FN3O5S2/c1-33-18-7-9-20(10-8-18)36(31,32)28-13-11-17(12-14-28)24(30)29(16-19-4-3-15-34-19)25-27-23-21(26)5-2-6-22(23)35-25/h2,5-10,17,19H,3-4,11-16H2,1H3. The highest BCUT2D eigenvalue weighted by Gasteiger charge is 2.36. The Bertz CT molecular complexity index is 1330. The molecule has 36 heavy (non-hydrogen) atoms. The number of aromatic nitrogens is 1. The molecule has 2 saturated heterocycles. The van der Waals surface area contributed by atoms with Crippen LogP contribution in [0.1, 0.15) is 25.7 Å². The number of ether oxygens (including phenoxy) is 2. The first-order chi connectivity index (χ1) is 17.4. The third-order valence-corrected chi connectivity index (χ3v) is 9.72. The summed E-state index contributed by atoms with van der Waals surface area (Å²) in [5.41, 5.74) is 0.253. The molecular formula is C25H28FN3O5S2. The van der Waals surface area contributed by atoms with E-state index >= 15 is 0 Å². The van der Waals surface area contributed by atoms with Gasteiger partial charge < -0.3 is 9.47 Å². The zero-order valence-electron chi connectivity index (χ0n) is 19.9. The van der Waals surface area contributed by atoms with Gasteiger partial charge in [0.15, 0.2) is 5.13 Å². The minimum absolute atomic E-state index is 0.0960. The van der Waals surface area contributed by atoms with Crippen LogP contribution in [-0.2, 0) is 19.6 Å². The highest BCUT2D eigenvalue weighted by Crippen LogP contribution is 2.34. The molecular weight excluding hydrogens is 505 g/mol. The molecule has 11 heteroatoms. The zero-order chi connectivity index (χ0) is 25.3. The topological polar surface area (TPSA) is 89.0 Å². The Kier molecular flexibility index (Phi) is 7.25. The van der Waals surface area contributed by atoms with Crippen molar-refractivity contribution in [2.75, 3.05) is 38.3 Å². The van der Waals surface area contributed by atoms with Gasteiger partial charge in [0, 0.05) is 25.6 Å². The van der Waals surface area contributed by atoms with Crippen LogP contribution in [-0.4, -0.2) is 63.1 Å². The van der Waals surface area contributed by atoms with E-state index in [-0.39, 0.29) is 41.4 Å². The van der Waals surface area contributed by atoms with E-state index in [1.54, 1.807) is 29.2 Å². The van der Waals surface area contributed by atoms with E-state index in [2.05, 4.69) is 4.98 Å². The van der Waals surface area contributed by atoms with Crippen LogP contribution in [0.25, 0.3) is 10.2 Å². The van der Waals surface area contributed by atoms with Gasteiger partial charge in [0.1, 0.15) is 17.1 Å². The number of fused-ring (bicyclic) bond motifs is 1. The van der Waals surface area contributed by atoms with Crippen LogP contribution >= 0.6 is 11.3 Å². The number of thiazole rings is 1. The molecule has 2 fully saturated rings. The van der Waals surface area contributed by atoms with Crippen molar-refractivity contribution in [2.45, 2.75) is 36.7 Å².